The fourth-order valence-corrected chi connectivity index (χ4v) is 5.06. The SMILES string of the molecule is COc1ccc(CN2C(=O)N(CC(C)C)C3(CCN(Cc4cn(C)nc4C)CC3)C2=O)cc1. The first-order chi connectivity index (χ1) is 15.7. The summed E-state index contributed by atoms with van der Waals surface area (Å²) in [5, 5.41) is 4.44. The number of benzene rings is 1. The van der Waals surface area contributed by atoms with Gasteiger partial charge in [0.15, 0.2) is 0 Å². The van der Waals surface area contributed by atoms with Gasteiger partial charge in [-0.3, -0.25) is 19.3 Å². The second kappa shape index (κ2) is 9.17. The molecule has 1 aromatic heterocycles. The van der Waals surface area contributed by atoms with Crippen molar-refractivity contribution in [2.45, 2.75) is 52.2 Å². The first kappa shape index (κ1) is 23.3. The molecule has 0 saturated carbocycles. The van der Waals surface area contributed by atoms with Crippen molar-refractivity contribution in [2.24, 2.45) is 13.0 Å². The zero-order valence-electron chi connectivity index (χ0n) is 20.4. The monoisotopic (exact) mass is 453 g/mol. The number of aromatic nitrogens is 2. The summed E-state index contributed by atoms with van der Waals surface area (Å²) >= 11 is 0. The molecule has 2 aliphatic rings. The Bertz CT molecular complexity index is 1010. The molecule has 2 fully saturated rings. The van der Waals surface area contributed by atoms with Gasteiger partial charge in [-0.2, -0.15) is 5.10 Å². The van der Waals surface area contributed by atoms with Gasteiger partial charge >= 0.3 is 6.03 Å². The molecule has 0 unspecified atom stereocenters. The number of carbonyl (C=O) groups is 2. The first-order valence-corrected chi connectivity index (χ1v) is 11.7. The Hall–Kier alpha value is -2.87. The lowest BCUT2D eigenvalue weighted by Crippen LogP contribution is -2.57. The fraction of sp³-hybridized carbons (Fsp3) is 0.560. The number of rotatable bonds is 7. The molecule has 0 aliphatic carbocycles. The number of hydrogen-bond acceptors (Lipinski definition) is 5. The molecule has 3 heterocycles. The zero-order chi connectivity index (χ0) is 23.8. The quantitative estimate of drug-likeness (QED) is 0.602. The summed E-state index contributed by atoms with van der Waals surface area (Å²) in [4.78, 5) is 32.9. The van der Waals surface area contributed by atoms with Crippen LogP contribution in [0.5, 0.6) is 5.75 Å². The van der Waals surface area contributed by atoms with Gasteiger partial charge in [-0.05, 0) is 43.4 Å². The second-order valence-electron chi connectivity index (χ2n) is 9.75. The van der Waals surface area contributed by atoms with Crippen LogP contribution < -0.4 is 4.74 Å². The van der Waals surface area contributed by atoms with Crippen LogP contribution in [0.4, 0.5) is 4.79 Å². The lowest BCUT2D eigenvalue weighted by molar-refractivity contribution is -0.136. The predicted octanol–water partition coefficient (Wildman–Crippen LogP) is 3.19. The van der Waals surface area contributed by atoms with Crippen LogP contribution in [0.2, 0.25) is 0 Å². The molecular formula is C25H35N5O3. The van der Waals surface area contributed by atoms with Crippen molar-refractivity contribution in [1.29, 1.82) is 0 Å². The maximum Gasteiger partial charge on any atom is 0.327 e. The largest absolute Gasteiger partial charge is 0.497 e. The van der Waals surface area contributed by atoms with Gasteiger partial charge in [0.25, 0.3) is 5.91 Å². The normalized spacial score (nSPS) is 18.7. The molecular weight excluding hydrogens is 418 g/mol. The number of carbonyl (C=O) groups excluding carboxylic acids is 2. The van der Waals surface area contributed by atoms with Crippen LogP contribution in [0, 0.1) is 12.8 Å². The van der Waals surface area contributed by atoms with Crippen molar-refractivity contribution in [3.63, 3.8) is 0 Å². The Balaban J connectivity index is 1.52. The summed E-state index contributed by atoms with van der Waals surface area (Å²) in [5.41, 5.74) is 2.43. The van der Waals surface area contributed by atoms with Gasteiger partial charge in [0, 0.05) is 45.0 Å². The minimum absolute atomic E-state index is 0.0545. The van der Waals surface area contributed by atoms with Crippen LogP contribution >= 0.6 is 0 Å². The lowest BCUT2D eigenvalue weighted by atomic mass is 9.85. The number of amides is 3. The zero-order valence-corrected chi connectivity index (χ0v) is 20.4. The number of aryl methyl sites for hydroxylation is 2. The molecule has 2 aromatic rings. The summed E-state index contributed by atoms with van der Waals surface area (Å²) in [6.07, 6.45) is 3.37. The van der Waals surface area contributed by atoms with E-state index in [0.29, 0.717) is 19.4 Å². The summed E-state index contributed by atoms with van der Waals surface area (Å²) in [7, 11) is 3.56. The van der Waals surface area contributed by atoms with Crippen LogP contribution in [-0.4, -0.2) is 68.7 Å². The molecule has 4 rings (SSSR count). The van der Waals surface area contributed by atoms with Crippen LogP contribution in [0.25, 0.3) is 0 Å². The van der Waals surface area contributed by atoms with Crippen molar-refractivity contribution in [2.75, 3.05) is 26.7 Å². The lowest BCUT2D eigenvalue weighted by Gasteiger charge is -2.42. The number of ether oxygens (including phenoxy) is 1. The van der Waals surface area contributed by atoms with Crippen LogP contribution in [0.3, 0.4) is 0 Å². The average molecular weight is 454 g/mol. The Labute approximate surface area is 196 Å². The highest BCUT2D eigenvalue weighted by Gasteiger charge is 2.57. The smallest absolute Gasteiger partial charge is 0.327 e. The van der Waals surface area contributed by atoms with Crippen molar-refractivity contribution >= 4 is 11.9 Å². The van der Waals surface area contributed by atoms with Gasteiger partial charge in [0.1, 0.15) is 11.3 Å². The predicted molar refractivity (Wildman–Crippen MR) is 126 cm³/mol. The minimum atomic E-state index is -0.742. The van der Waals surface area contributed by atoms with Crippen LogP contribution in [-0.2, 0) is 24.9 Å². The van der Waals surface area contributed by atoms with E-state index >= 15 is 0 Å². The van der Waals surface area contributed by atoms with Crippen LogP contribution in [0.15, 0.2) is 30.5 Å². The van der Waals surface area contributed by atoms with E-state index in [2.05, 4.69) is 30.0 Å². The molecule has 0 atom stereocenters. The van der Waals surface area contributed by atoms with E-state index < -0.39 is 5.54 Å². The Kier molecular flexibility index (Phi) is 6.47. The van der Waals surface area contributed by atoms with Crippen molar-refractivity contribution in [1.82, 2.24) is 24.5 Å². The van der Waals surface area contributed by atoms with E-state index in [9.17, 15) is 9.59 Å². The van der Waals surface area contributed by atoms with Gasteiger partial charge in [0.05, 0.1) is 19.3 Å². The molecule has 3 amide bonds. The molecule has 0 bridgehead atoms. The molecule has 178 valence electrons. The number of likely N-dealkylation sites (tertiary alicyclic amines) is 1. The number of hydrogen-bond donors (Lipinski definition) is 0. The summed E-state index contributed by atoms with van der Waals surface area (Å²) in [6, 6.07) is 7.38. The maximum atomic E-state index is 13.7. The fourth-order valence-electron chi connectivity index (χ4n) is 5.06. The van der Waals surface area contributed by atoms with Gasteiger partial charge in [-0.15, -0.1) is 0 Å². The number of methoxy groups -OCH3 is 1. The van der Waals surface area contributed by atoms with Gasteiger partial charge < -0.3 is 9.64 Å². The van der Waals surface area contributed by atoms with E-state index in [-0.39, 0.29) is 24.4 Å². The van der Waals surface area contributed by atoms with E-state index in [4.69, 9.17) is 4.74 Å². The third-order valence-electron chi connectivity index (χ3n) is 6.86. The molecule has 33 heavy (non-hydrogen) atoms. The van der Waals surface area contributed by atoms with Gasteiger partial charge in [-0.25, -0.2) is 4.79 Å². The summed E-state index contributed by atoms with van der Waals surface area (Å²) in [6.45, 7) is 9.47. The van der Waals surface area contributed by atoms with Crippen LogP contribution in [0.1, 0.15) is 43.5 Å². The summed E-state index contributed by atoms with van der Waals surface area (Å²) < 4.78 is 7.07. The molecule has 1 spiro atoms. The Morgan fingerprint density at radius 2 is 1.76 bits per heavy atom. The molecule has 1 aromatic carbocycles. The van der Waals surface area contributed by atoms with Crippen molar-refractivity contribution in [3.8, 4) is 5.75 Å². The van der Waals surface area contributed by atoms with Gasteiger partial charge in [-0.1, -0.05) is 26.0 Å². The second-order valence-corrected chi connectivity index (χ2v) is 9.75. The standard InChI is InChI=1S/C25H35N5O3/c1-18(2)14-30-24(32)29(15-20-6-8-22(33-5)9-7-20)23(31)25(30)10-12-28(13-11-25)17-21-16-27(4)26-19(21)3/h6-9,16,18H,10-15,17H2,1-5H3. The van der Waals surface area contributed by atoms with Gasteiger partial charge in [0.2, 0.25) is 0 Å². The van der Waals surface area contributed by atoms with E-state index in [0.717, 1.165) is 36.6 Å². The number of urea groups is 1. The highest BCUT2D eigenvalue weighted by molar-refractivity contribution is 6.07. The van der Waals surface area contributed by atoms with Crippen molar-refractivity contribution < 1.29 is 14.3 Å². The van der Waals surface area contributed by atoms with Crippen molar-refractivity contribution in [3.05, 3.63) is 47.3 Å². The number of nitrogens with zero attached hydrogens (tertiary/aromatic N) is 5. The third kappa shape index (κ3) is 4.49. The highest BCUT2D eigenvalue weighted by Crippen LogP contribution is 2.39. The van der Waals surface area contributed by atoms with E-state index in [1.807, 2.05) is 47.8 Å². The third-order valence-corrected chi connectivity index (χ3v) is 6.86. The molecule has 8 heteroatoms. The minimum Gasteiger partial charge on any atom is -0.497 e. The molecule has 0 radical (unpaired) electrons. The Morgan fingerprint density at radius 1 is 1.09 bits per heavy atom. The Morgan fingerprint density at radius 3 is 2.30 bits per heavy atom. The van der Waals surface area contributed by atoms with E-state index in [1.54, 1.807) is 7.11 Å². The average Bonchev–Trinajstić information content (AvgIpc) is 3.20. The number of imide groups is 1. The maximum absolute atomic E-state index is 13.7. The number of piperidine rings is 1. The first-order valence-electron chi connectivity index (χ1n) is 11.7. The molecule has 2 aliphatic heterocycles. The summed E-state index contributed by atoms with van der Waals surface area (Å²) in [5.74, 6) is 0.990. The highest BCUT2D eigenvalue weighted by atomic mass is 16.5. The molecule has 0 N–H and O–H groups in total. The molecule has 8 nitrogen and oxygen atoms in total. The topological polar surface area (TPSA) is 70.9 Å². The molecule has 2 saturated heterocycles. The van der Waals surface area contributed by atoms with E-state index in [1.165, 1.54) is 10.5 Å².